The smallest absolute Gasteiger partial charge is 0.169 e. The second kappa shape index (κ2) is 30.3. The molecule has 2 atom stereocenters. The van der Waals surface area contributed by atoms with Crippen LogP contribution in [0.2, 0.25) is 0 Å². The largest absolute Gasteiger partial charge is 0.343 e. The number of unbranched alkanes of at least 4 members (excludes halogenated alkanes) is 18. The Kier molecular flexibility index (Phi) is 25.9. The molecule has 294 valence electrons. The number of rotatable bonds is 33. The first-order valence-corrected chi connectivity index (χ1v) is 22.3. The van der Waals surface area contributed by atoms with Crippen molar-refractivity contribution in [3.05, 3.63) is 78.7 Å². The number of aromatic nitrogens is 1. The number of hydrogen-bond donors (Lipinski definition) is 0. The highest BCUT2D eigenvalue weighted by atomic mass is 16.8. The second-order valence-electron chi connectivity index (χ2n) is 15.8. The van der Waals surface area contributed by atoms with E-state index in [-0.39, 0.29) is 18.0 Å². The van der Waals surface area contributed by atoms with E-state index >= 15 is 0 Å². The molecule has 0 unspecified atom stereocenters. The molecule has 4 heteroatoms. The summed E-state index contributed by atoms with van der Waals surface area (Å²) in [6, 6.07) is 4.22. The molecule has 0 aromatic carbocycles. The Labute approximate surface area is 322 Å². The van der Waals surface area contributed by atoms with Gasteiger partial charge in [0, 0.05) is 44.9 Å². The molecule has 3 rings (SSSR count). The van der Waals surface area contributed by atoms with Crippen LogP contribution < -0.4 is 0 Å². The number of pyridine rings is 1. The number of likely N-dealkylation sites (tertiary alicyclic amines) is 1. The van der Waals surface area contributed by atoms with Crippen LogP contribution in [0.1, 0.15) is 186 Å². The molecule has 2 aliphatic rings. The van der Waals surface area contributed by atoms with Crippen LogP contribution in [0.3, 0.4) is 0 Å². The molecule has 0 amide bonds. The lowest BCUT2D eigenvalue weighted by molar-refractivity contribution is -0.193. The Balaban J connectivity index is 1.28. The molecule has 4 nitrogen and oxygen atoms in total. The number of nitrogens with zero attached hydrogens (tertiary/aromatic N) is 2. The first kappa shape index (κ1) is 44.4. The third kappa shape index (κ3) is 21.0. The van der Waals surface area contributed by atoms with Gasteiger partial charge in [-0.05, 0) is 95.1 Å². The Morgan fingerprint density at radius 3 is 1.48 bits per heavy atom. The van der Waals surface area contributed by atoms with Gasteiger partial charge in [-0.1, -0.05) is 146 Å². The molecule has 2 fully saturated rings. The SMILES string of the molecule is CCCCC/C=C\C/C=C\CCCCCCCCC1(CCCCCCCC/C=C\C/C=C\CCCCC)O[C@H]2CN(CCc3cccnc3)C[C@@H]2O1. The highest BCUT2D eigenvalue weighted by molar-refractivity contribution is 5.09. The van der Waals surface area contributed by atoms with Crippen LogP contribution >= 0.6 is 0 Å². The fourth-order valence-corrected chi connectivity index (χ4v) is 7.77. The van der Waals surface area contributed by atoms with Crippen molar-refractivity contribution in [3.8, 4) is 0 Å². The lowest BCUT2D eigenvalue weighted by Crippen LogP contribution is -2.36. The van der Waals surface area contributed by atoms with Crippen LogP contribution in [0.4, 0.5) is 0 Å². The fourth-order valence-electron chi connectivity index (χ4n) is 7.77. The minimum atomic E-state index is -0.352. The minimum Gasteiger partial charge on any atom is -0.343 e. The summed E-state index contributed by atoms with van der Waals surface area (Å²) in [5, 5.41) is 0. The van der Waals surface area contributed by atoms with Gasteiger partial charge in [0.05, 0.1) is 0 Å². The monoisotopic (exact) mass is 717 g/mol. The first-order valence-electron chi connectivity index (χ1n) is 22.3. The van der Waals surface area contributed by atoms with Crippen molar-refractivity contribution < 1.29 is 9.47 Å². The Morgan fingerprint density at radius 2 is 1.04 bits per heavy atom. The van der Waals surface area contributed by atoms with Crippen LogP contribution in [0.25, 0.3) is 0 Å². The van der Waals surface area contributed by atoms with E-state index in [1.54, 1.807) is 0 Å². The molecule has 2 aliphatic heterocycles. The standard InChI is InChI=1S/C48H80N2O2/c1-3-5-7-9-11-13-15-17-19-21-23-25-27-29-31-33-38-48(39-34-32-30-28-26-24-22-20-18-16-14-12-10-8-6-4-2)51-46-43-50(44-47(46)52-48)41-37-45-36-35-40-49-42-45/h11-14,17-20,35-36,40,42,46-47H,3-10,15-16,21-34,37-39,41,43-44H2,1-2H3/b13-11-,14-12-,19-17-,20-18-/t46-,47-/m0/s1. The van der Waals surface area contributed by atoms with E-state index in [9.17, 15) is 0 Å². The average Bonchev–Trinajstić information content (AvgIpc) is 3.70. The maximum atomic E-state index is 6.90. The zero-order valence-corrected chi connectivity index (χ0v) is 34.0. The van der Waals surface area contributed by atoms with E-state index in [2.05, 4.69) is 78.4 Å². The molecule has 0 saturated carbocycles. The highest BCUT2D eigenvalue weighted by Crippen LogP contribution is 2.40. The van der Waals surface area contributed by atoms with Crippen LogP contribution in [0.15, 0.2) is 73.1 Å². The van der Waals surface area contributed by atoms with Gasteiger partial charge >= 0.3 is 0 Å². The van der Waals surface area contributed by atoms with Gasteiger partial charge in [-0.25, -0.2) is 0 Å². The predicted octanol–water partition coefficient (Wildman–Crippen LogP) is 13.8. The average molecular weight is 717 g/mol. The van der Waals surface area contributed by atoms with Crippen LogP contribution in [-0.2, 0) is 15.9 Å². The van der Waals surface area contributed by atoms with Crippen molar-refractivity contribution in [2.24, 2.45) is 0 Å². The molecule has 2 saturated heterocycles. The maximum absolute atomic E-state index is 6.90. The number of hydrogen-bond acceptors (Lipinski definition) is 4. The Morgan fingerprint density at radius 1 is 0.596 bits per heavy atom. The van der Waals surface area contributed by atoms with Crippen LogP contribution in [-0.4, -0.2) is 47.5 Å². The zero-order chi connectivity index (χ0) is 36.6. The normalized spacial score (nSPS) is 19.0. The van der Waals surface area contributed by atoms with Gasteiger partial charge in [0.15, 0.2) is 5.79 Å². The molecule has 3 heterocycles. The van der Waals surface area contributed by atoms with Gasteiger partial charge in [-0.3, -0.25) is 9.88 Å². The first-order chi connectivity index (χ1) is 25.7. The maximum Gasteiger partial charge on any atom is 0.169 e. The molecule has 0 radical (unpaired) electrons. The molecular formula is C48H80N2O2. The number of allylic oxidation sites excluding steroid dienone is 8. The quantitative estimate of drug-likeness (QED) is 0.0536. The molecule has 0 bridgehead atoms. The van der Waals surface area contributed by atoms with Gasteiger partial charge in [-0.2, -0.15) is 0 Å². The molecular weight excluding hydrogens is 637 g/mol. The molecule has 0 aliphatic carbocycles. The summed E-state index contributed by atoms with van der Waals surface area (Å²) in [4.78, 5) is 6.83. The van der Waals surface area contributed by atoms with Crippen molar-refractivity contribution in [2.75, 3.05) is 19.6 Å². The highest BCUT2D eigenvalue weighted by Gasteiger charge is 2.50. The lowest BCUT2D eigenvalue weighted by atomic mass is 9.98. The van der Waals surface area contributed by atoms with Crippen molar-refractivity contribution in [2.45, 2.75) is 205 Å². The van der Waals surface area contributed by atoms with Gasteiger partial charge in [-0.15, -0.1) is 0 Å². The molecule has 1 aromatic rings. The molecule has 0 N–H and O–H groups in total. The van der Waals surface area contributed by atoms with Gasteiger partial charge in [0.25, 0.3) is 0 Å². The van der Waals surface area contributed by atoms with E-state index in [0.29, 0.717) is 0 Å². The van der Waals surface area contributed by atoms with Gasteiger partial charge in [0.2, 0.25) is 0 Å². The van der Waals surface area contributed by atoms with Gasteiger partial charge < -0.3 is 9.47 Å². The lowest BCUT2D eigenvalue weighted by Gasteiger charge is -2.31. The summed E-state index contributed by atoms with van der Waals surface area (Å²) >= 11 is 0. The van der Waals surface area contributed by atoms with E-state index in [1.165, 1.54) is 147 Å². The van der Waals surface area contributed by atoms with Crippen molar-refractivity contribution in [3.63, 3.8) is 0 Å². The van der Waals surface area contributed by atoms with Crippen LogP contribution in [0.5, 0.6) is 0 Å². The third-order valence-corrected chi connectivity index (χ3v) is 11.0. The van der Waals surface area contributed by atoms with Gasteiger partial charge in [0.1, 0.15) is 12.2 Å². The summed E-state index contributed by atoms with van der Waals surface area (Å²) in [6.07, 6.45) is 57.2. The summed E-state index contributed by atoms with van der Waals surface area (Å²) < 4.78 is 13.8. The third-order valence-electron chi connectivity index (χ3n) is 11.0. The van der Waals surface area contributed by atoms with E-state index in [1.807, 2.05) is 18.5 Å². The Bertz CT molecular complexity index is 1020. The minimum absolute atomic E-state index is 0.225. The number of ether oxygens (including phenoxy) is 2. The molecule has 52 heavy (non-hydrogen) atoms. The predicted molar refractivity (Wildman–Crippen MR) is 225 cm³/mol. The topological polar surface area (TPSA) is 34.6 Å². The second-order valence-corrected chi connectivity index (χ2v) is 15.8. The summed E-state index contributed by atoms with van der Waals surface area (Å²) in [5.74, 6) is -0.352. The number of fused-ring (bicyclic) bond motifs is 1. The van der Waals surface area contributed by atoms with Crippen molar-refractivity contribution in [1.82, 2.24) is 9.88 Å². The van der Waals surface area contributed by atoms with E-state index in [4.69, 9.17) is 9.47 Å². The summed E-state index contributed by atoms with van der Waals surface area (Å²) in [7, 11) is 0. The fraction of sp³-hybridized carbons (Fsp3) is 0.729. The molecule has 1 aromatic heterocycles. The van der Waals surface area contributed by atoms with E-state index < -0.39 is 0 Å². The zero-order valence-electron chi connectivity index (χ0n) is 34.0. The van der Waals surface area contributed by atoms with Crippen molar-refractivity contribution >= 4 is 0 Å². The van der Waals surface area contributed by atoms with Crippen LogP contribution in [0, 0.1) is 0 Å². The van der Waals surface area contributed by atoms with Crippen molar-refractivity contribution in [1.29, 1.82) is 0 Å². The van der Waals surface area contributed by atoms with E-state index in [0.717, 1.165) is 51.7 Å². The molecule has 0 spiro atoms. The Hall–Kier alpha value is -2.01. The summed E-state index contributed by atoms with van der Waals surface area (Å²) in [6.45, 7) is 7.59. The summed E-state index contributed by atoms with van der Waals surface area (Å²) in [5.41, 5.74) is 1.31.